The van der Waals surface area contributed by atoms with Crippen molar-refractivity contribution in [1.29, 1.82) is 0 Å². The fraction of sp³-hybridized carbons (Fsp3) is 0.647. The van der Waals surface area contributed by atoms with Crippen LogP contribution in [0, 0.1) is 0 Å². The van der Waals surface area contributed by atoms with E-state index in [0.717, 1.165) is 12.0 Å². The number of sulfonamides is 1. The van der Waals surface area contributed by atoms with E-state index in [2.05, 4.69) is 30.7 Å². The minimum absolute atomic E-state index is 0.0742. The van der Waals surface area contributed by atoms with E-state index in [0.29, 0.717) is 5.92 Å². The highest BCUT2D eigenvalue weighted by Crippen LogP contribution is 2.34. The van der Waals surface area contributed by atoms with Crippen molar-refractivity contribution in [3.8, 4) is 0 Å². The Labute approximate surface area is 140 Å². The number of hydrogen-bond donors (Lipinski definition) is 1. The van der Waals surface area contributed by atoms with Crippen LogP contribution in [0.3, 0.4) is 0 Å². The summed E-state index contributed by atoms with van der Waals surface area (Å²) >= 11 is 0. The second kappa shape index (κ2) is 7.30. The molecule has 23 heavy (non-hydrogen) atoms. The Bertz CT molecular complexity index is 613. The molecule has 0 amide bonds. The molecule has 0 aromatic heterocycles. The van der Waals surface area contributed by atoms with Crippen LogP contribution in [-0.4, -0.2) is 38.4 Å². The first-order valence-corrected chi connectivity index (χ1v) is 9.77. The quantitative estimate of drug-likeness (QED) is 0.865. The van der Waals surface area contributed by atoms with Crippen molar-refractivity contribution >= 4 is 10.0 Å². The van der Waals surface area contributed by atoms with Crippen molar-refractivity contribution in [2.75, 3.05) is 13.7 Å². The first-order chi connectivity index (χ1) is 10.8. The molecule has 1 aromatic rings. The van der Waals surface area contributed by atoms with Gasteiger partial charge in [-0.25, -0.2) is 13.1 Å². The lowest BCUT2D eigenvalue weighted by Crippen LogP contribution is -2.42. The monoisotopic (exact) mass is 340 g/mol. The minimum atomic E-state index is -3.44. The number of hydrogen-bond acceptors (Lipinski definition) is 4. The lowest BCUT2D eigenvalue weighted by Gasteiger charge is -2.24. The van der Waals surface area contributed by atoms with Gasteiger partial charge in [-0.1, -0.05) is 45.0 Å². The maximum atomic E-state index is 12.7. The van der Waals surface area contributed by atoms with E-state index in [1.165, 1.54) is 5.56 Å². The molecular formula is C17H28N2O3S. The summed E-state index contributed by atoms with van der Waals surface area (Å²) in [6, 6.07) is 7.79. The second-order valence-electron chi connectivity index (χ2n) is 6.62. The van der Waals surface area contributed by atoms with Gasteiger partial charge in [0.15, 0.2) is 0 Å². The van der Waals surface area contributed by atoms with Crippen molar-refractivity contribution in [2.24, 2.45) is 0 Å². The van der Waals surface area contributed by atoms with Gasteiger partial charge in [-0.3, -0.25) is 4.84 Å². The van der Waals surface area contributed by atoms with Gasteiger partial charge in [-0.15, -0.1) is 0 Å². The van der Waals surface area contributed by atoms with Crippen LogP contribution < -0.4 is 4.72 Å². The van der Waals surface area contributed by atoms with Crippen molar-refractivity contribution in [3.05, 3.63) is 35.4 Å². The average Bonchev–Trinajstić information content (AvgIpc) is 2.89. The molecule has 1 aliphatic rings. The largest absolute Gasteiger partial charge is 0.297 e. The Morgan fingerprint density at radius 2 is 1.87 bits per heavy atom. The zero-order valence-electron chi connectivity index (χ0n) is 14.6. The molecule has 1 aromatic carbocycles. The molecule has 0 radical (unpaired) electrons. The van der Waals surface area contributed by atoms with E-state index < -0.39 is 15.3 Å². The summed E-state index contributed by atoms with van der Waals surface area (Å²) in [5, 5.41) is 1.05. The van der Waals surface area contributed by atoms with E-state index in [1.807, 2.05) is 26.0 Å². The van der Waals surface area contributed by atoms with Gasteiger partial charge in [0, 0.05) is 13.1 Å². The van der Waals surface area contributed by atoms with Crippen molar-refractivity contribution in [1.82, 2.24) is 9.79 Å². The summed E-state index contributed by atoms with van der Waals surface area (Å²) in [5.41, 5.74) is 2.21. The second-order valence-corrected chi connectivity index (χ2v) is 8.55. The van der Waals surface area contributed by atoms with Crippen molar-refractivity contribution in [3.63, 3.8) is 0 Å². The molecule has 0 unspecified atom stereocenters. The lowest BCUT2D eigenvalue weighted by atomic mass is 9.98. The zero-order valence-corrected chi connectivity index (χ0v) is 15.4. The number of nitrogens with zero attached hydrogens (tertiary/aromatic N) is 1. The Balaban J connectivity index is 2.27. The highest BCUT2D eigenvalue weighted by atomic mass is 32.2. The summed E-state index contributed by atoms with van der Waals surface area (Å²) in [7, 11) is -1.65. The summed E-state index contributed by atoms with van der Waals surface area (Å²) in [6.07, 6.45) is 0.760. The van der Waals surface area contributed by atoms with Crippen LogP contribution in [0.1, 0.15) is 57.2 Å². The third-order valence-corrected chi connectivity index (χ3v) is 6.43. The Hall–Kier alpha value is -0.950. The SMILES string of the molecule is CC[C@H](C)NS(=O)(=O)[C@H]1CON(C)[C@@H]1c1ccc(C(C)C)cc1. The van der Waals surface area contributed by atoms with Gasteiger partial charge in [0.2, 0.25) is 10.0 Å². The molecule has 2 rings (SSSR count). The van der Waals surface area contributed by atoms with Gasteiger partial charge in [-0.2, -0.15) is 5.06 Å². The lowest BCUT2D eigenvalue weighted by molar-refractivity contribution is -0.110. The number of hydroxylamine groups is 2. The fourth-order valence-electron chi connectivity index (χ4n) is 2.81. The van der Waals surface area contributed by atoms with E-state index in [-0.39, 0.29) is 18.7 Å². The standard InChI is InChI=1S/C17H28N2O3S/c1-6-13(4)18-23(20,21)16-11-22-19(5)17(16)15-9-7-14(8-10-15)12(2)3/h7-10,12-13,16-18H,6,11H2,1-5H3/t13-,16-,17+/m0/s1. The predicted octanol–water partition coefficient (Wildman–Crippen LogP) is 2.81. The normalized spacial score (nSPS) is 24.3. The molecular weight excluding hydrogens is 312 g/mol. The molecule has 6 heteroatoms. The van der Waals surface area contributed by atoms with Gasteiger partial charge >= 0.3 is 0 Å². The smallest absolute Gasteiger partial charge is 0.219 e. The number of rotatable bonds is 6. The molecule has 130 valence electrons. The van der Waals surface area contributed by atoms with Crippen LogP contribution in [0.15, 0.2) is 24.3 Å². The van der Waals surface area contributed by atoms with Crippen molar-refractivity contribution in [2.45, 2.75) is 57.4 Å². The molecule has 5 nitrogen and oxygen atoms in total. The predicted molar refractivity (Wildman–Crippen MR) is 92.6 cm³/mol. The van der Waals surface area contributed by atoms with E-state index in [9.17, 15) is 8.42 Å². The highest BCUT2D eigenvalue weighted by Gasteiger charge is 2.43. The highest BCUT2D eigenvalue weighted by molar-refractivity contribution is 7.90. The molecule has 1 N–H and O–H groups in total. The van der Waals surface area contributed by atoms with E-state index in [4.69, 9.17) is 4.84 Å². The fourth-order valence-corrected chi connectivity index (χ4v) is 4.62. The first kappa shape index (κ1) is 18.4. The van der Waals surface area contributed by atoms with Gasteiger partial charge in [0.05, 0.1) is 12.6 Å². The molecule has 0 bridgehead atoms. The van der Waals surface area contributed by atoms with Crippen LogP contribution in [0.5, 0.6) is 0 Å². The van der Waals surface area contributed by atoms with E-state index >= 15 is 0 Å². The number of benzene rings is 1. The van der Waals surface area contributed by atoms with Crippen LogP contribution in [0.4, 0.5) is 0 Å². The molecule has 0 aliphatic carbocycles. The van der Waals surface area contributed by atoms with Crippen molar-refractivity contribution < 1.29 is 13.3 Å². The summed E-state index contributed by atoms with van der Waals surface area (Å²) < 4.78 is 28.1. The molecule has 1 saturated heterocycles. The van der Waals surface area contributed by atoms with Crippen LogP contribution in [0.25, 0.3) is 0 Å². The van der Waals surface area contributed by atoms with Gasteiger partial charge < -0.3 is 0 Å². The summed E-state index contributed by atoms with van der Waals surface area (Å²) in [4.78, 5) is 5.53. The molecule has 1 aliphatic heterocycles. The molecule has 1 heterocycles. The first-order valence-electron chi connectivity index (χ1n) is 8.23. The van der Waals surface area contributed by atoms with Crippen LogP contribution in [-0.2, 0) is 14.9 Å². The topological polar surface area (TPSA) is 58.6 Å². The maximum absolute atomic E-state index is 12.7. The summed E-state index contributed by atoms with van der Waals surface area (Å²) in [5.74, 6) is 0.452. The van der Waals surface area contributed by atoms with Gasteiger partial charge in [0.1, 0.15) is 5.25 Å². The Kier molecular flexibility index (Phi) is 5.84. The Morgan fingerprint density at radius 3 is 2.39 bits per heavy atom. The zero-order chi connectivity index (χ0) is 17.2. The van der Waals surface area contributed by atoms with Gasteiger partial charge in [-0.05, 0) is 30.4 Å². The molecule has 0 spiro atoms. The third kappa shape index (κ3) is 4.12. The third-order valence-electron chi connectivity index (χ3n) is 4.51. The molecule has 1 fully saturated rings. The van der Waals surface area contributed by atoms with Crippen LogP contribution >= 0.6 is 0 Å². The van der Waals surface area contributed by atoms with Crippen LogP contribution in [0.2, 0.25) is 0 Å². The average molecular weight is 340 g/mol. The number of nitrogens with one attached hydrogen (secondary N) is 1. The maximum Gasteiger partial charge on any atom is 0.219 e. The minimum Gasteiger partial charge on any atom is -0.297 e. The molecule has 0 saturated carbocycles. The summed E-state index contributed by atoms with van der Waals surface area (Å²) in [6.45, 7) is 8.31. The Morgan fingerprint density at radius 1 is 1.26 bits per heavy atom. The molecule has 3 atom stereocenters. The van der Waals surface area contributed by atoms with E-state index in [1.54, 1.807) is 12.1 Å². The van der Waals surface area contributed by atoms with Gasteiger partial charge in [0.25, 0.3) is 0 Å².